The summed E-state index contributed by atoms with van der Waals surface area (Å²) in [6.45, 7) is 6.16. The molecule has 3 aromatic rings. The SMILES string of the molecule is Cc1ccc(SCC(=O)N/N=C/c2cc(C)n(-c3ccccc3)c2C)cc1. The maximum Gasteiger partial charge on any atom is 0.250 e. The first-order valence-corrected chi connectivity index (χ1v) is 9.79. The smallest absolute Gasteiger partial charge is 0.250 e. The molecule has 0 aliphatic heterocycles. The molecule has 3 rings (SSSR count). The number of para-hydroxylation sites is 1. The molecule has 0 atom stereocenters. The van der Waals surface area contributed by atoms with Crippen molar-refractivity contribution in [2.24, 2.45) is 5.10 Å². The van der Waals surface area contributed by atoms with E-state index >= 15 is 0 Å². The molecule has 0 unspecified atom stereocenters. The molecule has 1 heterocycles. The summed E-state index contributed by atoms with van der Waals surface area (Å²) >= 11 is 1.50. The van der Waals surface area contributed by atoms with Crippen molar-refractivity contribution < 1.29 is 4.79 Å². The molecule has 2 aromatic carbocycles. The van der Waals surface area contributed by atoms with Crippen LogP contribution in [0.15, 0.2) is 70.7 Å². The molecule has 4 nitrogen and oxygen atoms in total. The van der Waals surface area contributed by atoms with Crippen LogP contribution in [0.25, 0.3) is 5.69 Å². The van der Waals surface area contributed by atoms with Crippen molar-refractivity contribution in [3.05, 3.63) is 83.2 Å². The Bertz CT molecular complexity index is 944. The normalized spacial score (nSPS) is 11.1. The molecule has 0 radical (unpaired) electrons. The number of rotatable bonds is 6. The zero-order valence-electron chi connectivity index (χ0n) is 15.8. The van der Waals surface area contributed by atoms with Gasteiger partial charge in [-0.15, -0.1) is 11.8 Å². The van der Waals surface area contributed by atoms with Crippen molar-refractivity contribution in [3.8, 4) is 5.69 Å². The summed E-state index contributed by atoms with van der Waals surface area (Å²) in [4.78, 5) is 13.1. The zero-order chi connectivity index (χ0) is 19.2. The summed E-state index contributed by atoms with van der Waals surface area (Å²) in [5, 5.41) is 4.13. The maximum atomic E-state index is 12.0. The molecule has 0 saturated heterocycles. The Morgan fingerprint density at radius 3 is 2.48 bits per heavy atom. The molecular weight excluding hydrogens is 354 g/mol. The van der Waals surface area contributed by atoms with Gasteiger partial charge in [0.2, 0.25) is 5.91 Å². The van der Waals surface area contributed by atoms with Crippen LogP contribution in [0.2, 0.25) is 0 Å². The van der Waals surface area contributed by atoms with Gasteiger partial charge in [-0.25, -0.2) is 5.43 Å². The van der Waals surface area contributed by atoms with Crippen molar-refractivity contribution >= 4 is 23.9 Å². The Kier molecular flexibility index (Phi) is 6.14. The minimum atomic E-state index is -0.117. The van der Waals surface area contributed by atoms with Crippen molar-refractivity contribution in [2.75, 3.05) is 5.75 Å². The third kappa shape index (κ3) is 4.89. The lowest BCUT2D eigenvalue weighted by molar-refractivity contribution is -0.118. The molecule has 0 fully saturated rings. The number of hydrogen-bond donors (Lipinski definition) is 1. The molecule has 0 spiro atoms. The number of nitrogens with zero attached hydrogens (tertiary/aromatic N) is 2. The molecule has 27 heavy (non-hydrogen) atoms. The molecule has 5 heteroatoms. The number of benzene rings is 2. The number of carbonyl (C=O) groups excluding carboxylic acids is 1. The van der Waals surface area contributed by atoms with E-state index in [1.807, 2.05) is 49.4 Å². The fourth-order valence-electron chi connectivity index (χ4n) is 2.88. The van der Waals surface area contributed by atoms with Crippen LogP contribution in [0.4, 0.5) is 0 Å². The van der Waals surface area contributed by atoms with Crippen LogP contribution in [0, 0.1) is 20.8 Å². The van der Waals surface area contributed by atoms with E-state index in [1.54, 1.807) is 6.21 Å². The number of aromatic nitrogens is 1. The Morgan fingerprint density at radius 1 is 1.07 bits per heavy atom. The molecule has 0 saturated carbocycles. The molecule has 1 N–H and O–H groups in total. The highest BCUT2D eigenvalue weighted by molar-refractivity contribution is 8.00. The van der Waals surface area contributed by atoms with Crippen LogP contribution in [-0.2, 0) is 4.79 Å². The van der Waals surface area contributed by atoms with E-state index in [1.165, 1.54) is 17.3 Å². The van der Waals surface area contributed by atoms with E-state index in [9.17, 15) is 4.79 Å². The first-order chi connectivity index (χ1) is 13.0. The minimum Gasteiger partial charge on any atom is -0.318 e. The van der Waals surface area contributed by atoms with Gasteiger partial charge in [0, 0.05) is 27.5 Å². The van der Waals surface area contributed by atoms with Crippen molar-refractivity contribution in [1.82, 2.24) is 9.99 Å². The van der Waals surface area contributed by atoms with Crippen LogP contribution in [-0.4, -0.2) is 22.4 Å². The minimum absolute atomic E-state index is 0.117. The van der Waals surface area contributed by atoms with Crippen LogP contribution >= 0.6 is 11.8 Å². The van der Waals surface area contributed by atoms with E-state index in [2.05, 4.69) is 47.1 Å². The summed E-state index contributed by atoms with van der Waals surface area (Å²) in [6, 6.07) is 20.4. The van der Waals surface area contributed by atoms with Gasteiger partial charge in [0.05, 0.1) is 12.0 Å². The van der Waals surface area contributed by atoms with Crippen LogP contribution in [0.3, 0.4) is 0 Å². The quantitative estimate of drug-likeness (QED) is 0.386. The predicted molar refractivity (Wildman–Crippen MR) is 113 cm³/mol. The van der Waals surface area contributed by atoms with Crippen molar-refractivity contribution in [2.45, 2.75) is 25.7 Å². The van der Waals surface area contributed by atoms with Gasteiger partial charge in [-0.1, -0.05) is 35.9 Å². The lowest BCUT2D eigenvalue weighted by Crippen LogP contribution is -2.19. The third-order valence-electron chi connectivity index (χ3n) is 4.27. The van der Waals surface area contributed by atoms with Gasteiger partial charge >= 0.3 is 0 Å². The molecule has 1 amide bonds. The van der Waals surface area contributed by atoms with Gasteiger partial charge in [0.15, 0.2) is 0 Å². The number of carbonyl (C=O) groups is 1. The first-order valence-electron chi connectivity index (χ1n) is 8.80. The standard InChI is InChI=1S/C22H23N3OS/c1-16-9-11-21(12-10-16)27-15-22(26)24-23-14-19-13-17(2)25(18(19)3)20-7-5-4-6-8-20/h4-14H,15H2,1-3H3,(H,24,26)/b23-14+. The van der Waals surface area contributed by atoms with Crippen molar-refractivity contribution in [1.29, 1.82) is 0 Å². The number of nitrogens with one attached hydrogen (secondary N) is 1. The number of aryl methyl sites for hydroxylation is 2. The lowest BCUT2D eigenvalue weighted by Gasteiger charge is -2.08. The van der Waals surface area contributed by atoms with E-state index in [0.29, 0.717) is 5.75 Å². The highest BCUT2D eigenvalue weighted by Crippen LogP contribution is 2.20. The topological polar surface area (TPSA) is 46.4 Å². The van der Waals surface area contributed by atoms with E-state index in [0.717, 1.165) is 27.5 Å². The fourth-order valence-corrected chi connectivity index (χ4v) is 3.57. The largest absolute Gasteiger partial charge is 0.318 e. The summed E-state index contributed by atoms with van der Waals surface area (Å²) in [5.74, 6) is 0.220. The molecule has 0 aliphatic carbocycles. The Labute approximate surface area is 164 Å². The second-order valence-electron chi connectivity index (χ2n) is 6.39. The van der Waals surface area contributed by atoms with Crippen molar-refractivity contribution in [3.63, 3.8) is 0 Å². The summed E-state index contributed by atoms with van der Waals surface area (Å²) < 4.78 is 2.18. The zero-order valence-corrected chi connectivity index (χ0v) is 16.6. The Hall–Kier alpha value is -2.79. The van der Waals surface area contributed by atoms with Gasteiger partial charge < -0.3 is 4.57 Å². The Balaban J connectivity index is 1.60. The van der Waals surface area contributed by atoms with Gasteiger partial charge in [-0.2, -0.15) is 5.10 Å². The average Bonchev–Trinajstić information content (AvgIpc) is 2.95. The van der Waals surface area contributed by atoms with Crippen LogP contribution < -0.4 is 5.43 Å². The van der Waals surface area contributed by atoms with Gasteiger partial charge in [0.1, 0.15) is 0 Å². The molecular formula is C22H23N3OS. The van der Waals surface area contributed by atoms with E-state index < -0.39 is 0 Å². The summed E-state index contributed by atoms with van der Waals surface area (Å²) in [5.41, 5.74) is 8.14. The van der Waals surface area contributed by atoms with Crippen LogP contribution in [0.5, 0.6) is 0 Å². The monoisotopic (exact) mass is 377 g/mol. The number of thioether (sulfide) groups is 1. The van der Waals surface area contributed by atoms with Gasteiger partial charge in [0.25, 0.3) is 0 Å². The number of hydrazone groups is 1. The summed E-state index contributed by atoms with van der Waals surface area (Å²) in [6.07, 6.45) is 1.70. The number of hydrogen-bond acceptors (Lipinski definition) is 3. The average molecular weight is 378 g/mol. The lowest BCUT2D eigenvalue weighted by atomic mass is 10.2. The first kappa shape index (κ1) is 19.0. The highest BCUT2D eigenvalue weighted by atomic mass is 32.2. The molecule has 1 aromatic heterocycles. The van der Waals surface area contributed by atoms with Gasteiger partial charge in [-0.05, 0) is 51.1 Å². The molecule has 0 aliphatic rings. The summed E-state index contributed by atoms with van der Waals surface area (Å²) in [7, 11) is 0. The fraction of sp³-hybridized carbons (Fsp3) is 0.182. The highest BCUT2D eigenvalue weighted by Gasteiger charge is 2.09. The molecule has 138 valence electrons. The Morgan fingerprint density at radius 2 is 1.78 bits per heavy atom. The van der Waals surface area contributed by atoms with Gasteiger partial charge in [-0.3, -0.25) is 4.79 Å². The third-order valence-corrected chi connectivity index (χ3v) is 5.28. The van der Waals surface area contributed by atoms with E-state index in [4.69, 9.17) is 0 Å². The maximum absolute atomic E-state index is 12.0. The second-order valence-corrected chi connectivity index (χ2v) is 7.44. The van der Waals surface area contributed by atoms with E-state index in [-0.39, 0.29) is 5.91 Å². The second kappa shape index (κ2) is 8.73. The number of amides is 1. The predicted octanol–water partition coefficient (Wildman–Crippen LogP) is 4.64. The van der Waals surface area contributed by atoms with Crippen LogP contribution in [0.1, 0.15) is 22.5 Å². The molecule has 0 bridgehead atoms.